The average Bonchev–Trinajstić information content (AvgIpc) is 2.95. The first-order valence-corrected chi connectivity index (χ1v) is 10.8. The van der Waals surface area contributed by atoms with E-state index in [1.807, 2.05) is 42.2 Å². The number of hydrogen-bond acceptors (Lipinski definition) is 3. The minimum Gasteiger partial charge on any atom is -0.357 e. The molecular formula is C22H36IN5O2. The highest BCUT2D eigenvalue weighted by atomic mass is 127. The van der Waals surface area contributed by atoms with Gasteiger partial charge in [-0.25, -0.2) is 0 Å². The highest BCUT2D eigenvalue weighted by Gasteiger charge is 2.15. The van der Waals surface area contributed by atoms with Gasteiger partial charge in [0.1, 0.15) is 0 Å². The zero-order chi connectivity index (χ0) is 20.7. The van der Waals surface area contributed by atoms with Crippen LogP contribution in [0, 0.1) is 0 Å². The Hall–Kier alpha value is -1.84. The number of carbonyl (C=O) groups is 2. The maximum absolute atomic E-state index is 12.0. The fourth-order valence-corrected chi connectivity index (χ4v) is 3.26. The van der Waals surface area contributed by atoms with Crippen molar-refractivity contribution in [2.45, 2.75) is 45.4 Å². The van der Waals surface area contributed by atoms with Crippen LogP contribution in [0.2, 0.25) is 0 Å². The van der Waals surface area contributed by atoms with Gasteiger partial charge in [-0.2, -0.15) is 0 Å². The molecule has 0 atom stereocenters. The summed E-state index contributed by atoms with van der Waals surface area (Å²) >= 11 is 0. The van der Waals surface area contributed by atoms with Crippen molar-refractivity contribution in [1.82, 2.24) is 20.9 Å². The van der Waals surface area contributed by atoms with Crippen molar-refractivity contribution >= 4 is 41.8 Å². The van der Waals surface area contributed by atoms with E-state index in [4.69, 9.17) is 0 Å². The van der Waals surface area contributed by atoms with E-state index in [0.29, 0.717) is 25.1 Å². The first kappa shape index (κ1) is 26.2. The predicted octanol–water partition coefficient (Wildman–Crippen LogP) is 2.77. The average molecular weight is 529 g/mol. The number of benzene rings is 1. The van der Waals surface area contributed by atoms with Crippen LogP contribution in [0.3, 0.4) is 0 Å². The first-order chi connectivity index (χ1) is 14.2. The minimum atomic E-state index is -0.0470. The van der Waals surface area contributed by atoms with E-state index in [-0.39, 0.29) is 35.8 Å². The quantitative estimate of drug-likeness (QED) is 0.188. The Labute approximate surface area is 197 Å². The fourth-order valence-electron chi connectivity index (χ4n) is 3.26. The Morgan fingerprint density at radius 2 is 1.80 bits per heavy atom. The van der Waals surface area contributed by atoms with E-state index in [9.17, 15) is 9.59 Å². The molecule has 2 amide bonds. The van der Waals surface area contributed by atoms with Gasteiger partial charge in [0.25, 0.3) is 5.91 Å². The SMILES string of the molecule is CCNC(=NCCCN1CCCCCC1=O)NCCCNC(=O)c1ccccc1.I. The number of nitrogens with zero attached hydrogens (tertiary/aromatic N) is 2. The molecule has 0 radical (unpaired) electrons. The third-order valence-corrected chi connectivity index (χ3v) is 4.84. The number of rotatable bonds is 10. The molecule has 0 saturated carbocycles. The van der Waals surface area contributed by atoms with E-state index in [2.05, 4.69) is 20.9 Å². The number of aliphatic imine (C=N–C) groups is 1. The molecule has 1 aromatic rings. The Morgan fingerprint density at radius 3 is 2.57 bits per heavy atom. The predicted molar refractivity (Wildman–Crippen MR) is 132 cm³/mol. The lowest BCUT2D eigenvalue weighted by Gasteiger charge is -2.20. The van der Waals surface area contributed by atoms with Crippen molar-refractivity contribution in [3.05, 3.63) is 35.9 Å². The van der Waals surface area contributed by atoms with Gasteiger partial charge in [0.05, 0.1) is 0 Å². The summed E-state index contributed by atoms with van der Waals surface area (Å²) < 4.78 is 0. The van der Waals surface area contributed by atoms with Crippen LogP contribution in [-0.4, -0.2) is 61.9 Å². The van der Waals surface area contributed by atoms with E-state index in [0.717, 1.165) is 64.2 Å². The van der Waals surface area contributed by atoms with Gasteiger partial charge in [-0.3, -0.25) is 14.6 Å². The maximum Gasteiger partial charge on any atom is 0.251 e. The van der Waals surface area contributed by atoms with Crippen molar-refractivity contribution in [3.63, 3.8) is 0 Å². The molecule has 1 fully saturated rings. The zero-order valence-corrected chi connectivity index (χ0v) is 20.3. The van der Waals surface area contributed by atoms with Gasteiger partial charge in [-0.05, 0) is 44.7 Å². The monoisotopic (exact) mass is 529 g/mol. The molecule has 168 valence electrons. The van der Waals surface area contributed by atoms with Gasteiger partial charge in [-0.1, -0.05) is 24.6 Å². The van der Waals surface area contributed by atoms with Gasteiger partial charge in [-0.15, -0.1) is 24.0 Å². The van der Waals surface area contributed by atoms with Gasteiger partial charge in [0.15, 0.2) is 5.96 Å². The lowest BCUT2D eigenvalue weighted by atomic mass is 10.2. The number of nitrogens with one attached hydrogen (secondary N) is 3. The molecule has 0 unspecified atom stereocenters. The lowest BCUT2D eigenvalue weighted by molar-refractivity contribution is -0.130. The van der Waals surface area contributed by atoms with Gasteiger partial charge < -0.3 is 20.9 Å². The first-order valence-electron chi connectivity index (χ1n) is 10.8. The molecule has 1 aliphatic rings. The summed E-state index contributed by atoms with van der Waals surface area (Å²) in [5.41, 5.74) is 0.679. The van der Waals surface area contributed by atoms with Gasteiger partial charge in [0, 0.05) is 51.3 Å². The van der Waals surface area contributed by atoms with Crippen LogP contribution in [-0.2, 0) is 4.79 Å². The van der Waals surface area contributed by atoms with E-state index >= 15 is 0 Å². The van der Waals surface area contributed by atoms with Crippen molar-refractivity contribution in [3.8, 4) is 0 Å². The maximum atomic E-state index is 12.0. The fraction of sp³-hybridized carbons (Fsp3) is 0.591. The van der Waals surface area contributed by atoms with Gasteiger partial charge in [0.2, 0.25) is 5.91 Å². The Bertz CT molecular complexity index is 654. The molecule has 1 saturated heterocycles. The molecule has 7 nitrogen and oxygen atoms in total. The van der Waals surface area contributed by atoms with Crippen molar-refractivity contribution < 1.29 is 9.59 Å². The number of likely N-dealkylation sites (tertiary alicyclic amines) is 1. The summed E-state index contributed by atoms with van der Waals surface area (Å²) in [5.74, 6) is 1.02. The lowest BCUT2D eigenvalue weighted by Crippen LogP contribution is -2.39. The number of halogens is 1. The minimum absolute atomic E-state index is 0. The van der Waals surface area contributed by atoms with E-state index in [1.165, 1.54) is 0 Å². The highest BCUT2D eigenvalue weighted by molar-refractivity contribution is 14.0. The van der Waals surface area contributed by atoms with E-state index < -0.39 is 0 Å². The summed E-state index contributed by atoms with van der Waals surface area (Å²) in [6.45, 7) is 6.52. The summed E-state index contributed by atoms with van der Waals surface area (Å²) in [7, 11) is 0. The molecule has 0 aliphatic carbocycles. The van der Waals surface area contributed by atoms with Gasteiger partial charge >= 0.3 is 0 Å². The topological polar surface area (TPSA) is 85.8 Å². The van der Waals surface area contributed by atoms with Crippen LogP contribution in [0.15, 0.2) is 35.3 Å². The molecule has 1 heterocycles. The van der Waals surface area contributed by atoms with Crippen LogP contribution >= 0.6 is 24.0 Å². The summed E-state index contributed by atoms with van der Waals surface area (Å²) in [5, 5.41) is 9.46. The molecular weight excluding hydrogens is 493 g/mol. The number of hydrogen-bond donors (Lipinski definition) is 3. The Morgan fingerprint density at radius 1 is 1.03 bits per heavy atom. The largest absolute Gasteiger partial charge is 0.357 e. The van der Waals surface area contributed by atoms with Crippen LogP contribution < -0.4 is 16.0 Å². The molecule has 0 aromatic heterocycles. The number of amides is 2. The van der Waals surface area contributed by atoms with Crippen molar-refractivity contribution in [1.29, 1.82) is 0 Å². The molecule has 1 aliphatic heterocycles. The van der Waals surface area contributed by atoms with Crippen molar-refractivity contribution in [2.75, 3.05) is 39.3 Å². The Kier molecular flexibility index (Phi) is 13.9. The third-order valence-electron chi connectivity index (χ3n) is 4.84. The smallest absolute Gasteiger partial charge is 0.251 e. The van der Waals surface area contributed by atoms with Crippen LogP contribution in [0.25, 0.3) is 0 Å². The molecule has 0 spiro atoms. The number of carbonyl (C=O) groups excluding carboxylic acids is 2. The zero-order valence-electron chi connectivity index (χ0n) is 18.0. The molecule has 8 heteroatoms. The van der Waals surface area contributed by atoms with Crippen molar-refractivity contribution in [2.24, 2.45) is 4.99 Å². The third kappa shape index (κ3) is 10.3. The number of guanidine groups is 1. The van der Waals surface area contributed by atoms with Crippen LogP contribution in [0.5, 0.6) is 0 Å². The summed E-state index contributed by atoms with van der Waals surface area (Å²) in [6, 6.07) is 9.23. The second kappa shape index (κ2) is 15.9. The highest BCUT2D eigenvalue weighted by Crippen LogP contribution is 2.11. The molecule has 0 bridgehead atoms. The molecule has 3 N–H and O–H groups in total. The van der Waals surface area contributed by atoms with E-state index in [1.54, 1.807) is 0 Å². The second-order valence-electron chi connectivity index (χ2n) is 7.21. The molecule has 1 aromatic carbocycles. The summed E-state index contributed by atoms with van der Waals surface area (Å²) in [6.07, 6.45) is 5.66. The molecule has 30 heavy (non-hydrogen) atoms. The second-order valence-corrected chi connectivity index (χ2v) is 7.21. The summed E-state index contributed by atoms with van der Waals surface area (Å²) in [4.78, 5) is 30.6. The standard InChI is InChI=1S/C22H35N5O2.HI/c1-2-23-22(26-16-10-18-27-17-8-4-7-13-20(27)28)25-15-9-14-24-21(29)19-11-5-3-6-12-19;/h3,5-6,11-12H,2,4,7-10,13-18H2,1H3,(H,24,29)(H2,23,25,26);1H. The van der Waals surface area contributed by atoms with Crippen LogP contribution in [0.1, 0.15) is 55.8 Å². The normalized spacial score (nSPS) is 14.5. The molecule has 2 rings (SSSR count). The Balaban J connectivity index is 0.00000450. The van der Waals surface area contributed by atoms with Crippen LogP contribution in [0.4, 0.5) is 0 Å².